The molecular formula is C11H15N3O4S. The monoisotopic (exact) mass is 285 g/mol. The molecule has 0 bridgehead atoms. The van der Waals surface area contributed by atoms with Gasteiger partial charge in [-0.1, -0.05) is 0 Å². The number of aromatic nitrogens is 1. The van der Waals surface area contributed by atoms with Gasteiger partial charge in [-0.25, -0.2) is 4.98 Å². The summed E-state index contributed by atoms with van der Waals surface area (Å²) in [6.07, 6.45) is 1.24. The second-order valence-corrected chi connectivity index (χ2v) is 5.11. The third kappa shape index (κ3) is 4.58. The van der Waals surface area contributed by atoms with Gasteiger partial charge in [0.1, 0.15) is 0 Å². The zero-order chi connectivity index (χ0) is 13.7. The van der Waals surface area contributed by atoms with Gasteiger partial charge in [0.15, 0.2) is 5.13 Å². The lowest BCUT2D eigenvalue weighted by molar-refractivity contribution is -0.142. The fourth-order valence-corrected chi connectivity index (χ4v) is 2.43. The standard InChI is InChI=1S/C11H15N3O4S/c15-9(13-11-12-1-4-19-11)7-14-2-3-18-8(6-14)5-10(16)17/h1,4,8H,2-3,5-7H2,(H,16,17)(H,12,13,15). The molecule has 1 aromatic rings. The van der Waals surface area contributed by atoms with E-state index in [1.807, 2.05) is 4.90 Å². The van der Waals surface area contributed by atoms with E-state index in [1.54, 1.807) is 11.6 Å². The maximum absolute atomic E-state index is 11.8. The Labute approximate surface area is 114 Å². The van der Waals surface area contributed by atoms with Crippen LogP contribution in [0, 0.1) is 0 Å². The van der Waals surface area contributed by atoms with Crippen LogP contribution in [0.3, 0.4) is 0 Å². The smallest absolute Gasteiger partial charge is 0.306 e. The first kappa shape index (κ1) is 13.9. The molecule has 8 heteroatoms. The molecule has 2 N–H and O–H groups in total. The van der Waals surface area contributed by atoms with E-state index >= 15 is 0 Å². The summed E-state index contributed by atoms with van der Waals surface area (Å²) in [4.78, 5) is 28.2. The molecular weight excluding hydrogens is 270 g/mol. The van der Waals surface area contributed by atoms with E-state index in [9.17, 15) is 9.59 Å². The maximum Gasteiger partial charge on any atom is 0.306 e. The summed E-state index contributed by atoms with van der Waals surface area (Å²) in [5.41, 5.74) is 0. The van der Waals surface area contributed by atoms with Crippen molar-refractivity contribution in [3.63, 3.8) is 0 Å². The van der Waals surface area contributed by atoms with E-state index < -0.39 is 5.97 Å². The molecule has 1 aliphatic rings. The Balaban J connectivity index is 1.78. The highest BCUT2D eigenvalue weighted by Crippen LogP contribution is 2.11. The van der Waals surface area contributed by atoms with Crippen LogP contribution in [0.15, 0.2) is 11.6 Å². The molecule has 0 spiro atoms. The van der Waals surface area contributed by atoms with Crippen molar-refractivity contribution in [2.24, 2.45) is 0 Å². The van der Waals surface area contributed by atoms with Crippen molar-refractivity contribution in [2.45, 2.75) is 12.5 Å². The number of nitrogens with zero attached hydrogens (tertiary/aromatic N) is 2. The Morgan fingerprint density at radius 1 is 1.63 bits per heavy atom. The molecule has 104 valence electrons. The lowest BCUT2D eigenvalue weighted by Crippen LogP contribution is -2.46. The second kappa shape index (κ2) is 6.60. The molecule has 2 rings (SSSR count). The molecule has 1 aromatic heterocycles. The summed E-state index contributed by atoms with van der Waals surface area (Å²) in [5.74, 6) is -1.04. The number of anilines is 1. The fraction of sp³-hybridized carbons (Fsp3) is 0.545. The van der Waals surface area contributed by atoms with Gasteiger partial charge >= 0.3 is 5.97 Å². The SMILES string of the molecule is O=C(O)CC1CN(CC(=O)Nc2nccs2)CCO1. The van der Waals surface area contributed by atoms with E-state index in [0.717, 1.165) is 0 Å². The summed E-state index contributed by atoms with van der Waals surface area (Å²) in [6, 6.07) is 0. The number of carbonyl (C=O) groups excluding carboxylic acids is 1. The van der Waals surface area contributed by atoms with Gasteiger partial charge < -0.3 is 15.2 Å². The van der Waals surface area contributed by atoms with Crippen molar-refractivity contribution in [3.8, 4) is 0 Å². The molecule has 1 amide bonds. The summed E-state index contributed by atoms with van der Waals surface area (Å²) in [6.45, 7) is 1.75. The van der Waals surface area contributed by atoms with E-state index in [2.05, 4.69) is 10.3 Å². The van der Waals surface area contributed by atoms with Crippen molar-refractivity contribution in [1.82, 2.24) is 9.88 Å². The molecule has 1 atom stereocenters. The predicted octanol–water partition coefficient (Wildman–Crippen LogP) is 0.257. The normalized spacial score (nSPS) is 20.1. The molecule has 1 aliphatic heterocycles. The van der Waals surface area contributed by atoms with Crippen molar-refractivity contribution < 1.29 is 19.4 Å². The minimum Gasteiger partial charge on any atom is -0.481 e. The van der Waals surface area contributed by atoms with Gasteiger partial charge in [-0.05, 0) is 0 Å². The summed E-state index contributed by atoms with van der Waals surface area (Å²) in [5, 5.41) is 13.8. The van der Waals surface area contributed by atoms with Gasteiger partial charge in [0.25, 0.3) is 0 Å². The minimum atomic E-state index is -0.890. The first-order valence-electron chi connectivity index (χ1n) is 5.88. The number of carboxylic acid groups (broad SMARTS) is 1. The molecule has 0 aromatic carbocycles. The van der Waals surface area contributed by atoms with Crippen LogP contribution in [0.5, 0.6) is 0 Å². The maximum atomic E-state index is 11.8. The van der Waals surface area contributed by atoms with Crippen molar-refractivity contribution in [3.05, 3.63) is 11.6 Å². The molecule has 0 aliphatic carbocycles. The number of thiazole rings is 1. The number of nitrogens with one attached hydrogen (secondary N) is 1. The first-order chi connectivity index (χ1) is 9.13. The molecule has 19 heavy (non-hydrogen) atoms. The van der Waals surface area contributed by atoms with Crippen LogP contribution in [-0.4, -0.2) is 59.2 Å². The highest BCUT2D eigenvalue weighted by Gasteiger charge is 2.24. The van der Waals surface area contributed by atoms with Gasteiger partial charge in [0, 0.05) is 24.7 Å². The first-order valence-corrected chi connectivity index (χ1v) is 6.76. The molecule has 2 heterocycles. The predicted molar refractivity (Wildman–Crippen MR) is 69.2 cm³/mol. The van der Waals surface area contributed by atoms with Crippen LogP contribution >= 0.6 is 11.3 Å². The lowest BCUT2D eigenvalue weighted by atomic mass is 10.2. The third-order valence-electron chi connectivity index (χ3n) is 2.67. The largest absolute Gasteiger partial charge is 0.481 e. The topological polar surface area (TPSA) is 91.8 Å². The number of carbonyl (C=O) groups is 2. The number of ether oxygens (including phenoxy) is 1. The van der Waals surface area contributed by atoms with Crippen molar-refractivity contribution in [2.75, 3.05) is 31.6 Å². The minimum absolute atomic E-state index is 0.0371. The van der Waals surface area contributed by atoms with E-state index in [-0.39, 0.29) is 25.0 Å². The van der Waals surface area contributed by atoms with Gasteiger partial charge in [-0.3, -0.25) is 14.5 Å². The highest BCUT2D eigenvalue weighted by molar-refractivity contribution is 7.13. The molecule has 1 saturated heterocycles. The quantitative estimate of drug-likeness (QED) is 0.806. The van der Waals surface area contributed by atoms with Gasteiger partial charge in [0.05, 0.1) is 25.7 Å². The Kier molecular flexibility index (Phi) is 4.83. The summed E-state index contributed by atoms with van der Waals surface area (Å²) < 4.78 is 5.34. The van der Waals surface area contributed by atoms with E-state index in [0.29, 0.717) is 24.8 Å². The van der Waals surface area contributed by atoms with Gasteiger partial charge in [-0.15, -0.1) is 11.3 Å². The van der Waals surface area contributed by atoms with Crippen LogP contribution in [0.1, 0.15) is 6.42 Å². The van der Waals surface area contributed by atoms with Gasteiger partial charge in [-0.2, -0.15) is 0 Å². The number of hydrogen-bond donors (Lipinski definition) is 2. The van der Waals surface area contributed by atoms with Crippen LogP contribution < -0.4 is 5.32 Å². The summed E-state index contributed by atoms with van der Waals surface area (Å²) in [7, 11) is 0. The number of aliphatic carboxylic acids is 1. The Hall–Kier alpha value is -1.51. The third-order valence-corrected chi connectivity index (χ3v) is 3.36. The van der Waals surface area contributed by atoms with Crippen LogP contribution in [0.4, 0.5) is 5.13 Å². The summed E-state index contributed by atoms with van der Waals surface area (Å²) >= 11 is 1.36. The Bertz CT molecular complexity index is 437. The number of amides is 1. The molecule has 0 saturated carbocycles. The highest BCUT2D eigenvalue weighted by atomic mass is 32.1. The molecule has 0 radical (unpaired) electrons. The van der Waals surface area contributed by atoms with E-state index in [1.165, 1.54) is 11.3 Å². The zero-order valence-corrected chi connectivity index (χ0v) is 11.1. The second-order valence-electron chi connectivity index (χ2n) is 4.21. The molecule has 1 unspecified atom stereocenters. The van der Waals surface area contributed by atoms with Crippen LogP contribution in [-0.2, 0) is 14.3 Å². The average molecular weight is 285 g/mol. The van der Waals surface area contributed by atoms with Crippen LogP contribution in [0.25, 0.3) is 0 Å². The Morgan fingerprint density at radius 2 is 2.47 bits per heavy atom. The number of morpholine rings is 1. The number of carboxylic acids is 1. The van der Waals surface area contributed by atoms with Crippen molar-refractivity contribution >= 4 is 28.3 Å². The van der Waals surface area contributed by atoms with E-state index in [4.69, 9.17) is 9.84 Å². The molecule has 1 fully saturated rings. The van der Waals surface area contributed by atoms with Gasteiger partial charge in [0.2, 0.25) is 5.91 Å². The fourth-order valence-electron chi connectivity index (χ4n) is 1.89. The number of rotatable bonds is 5. The Morgan fingerprint density at radius 3 is 3.16 bits per heavy atom. The average Bonchev–Trinajstić information content (AvgIpc) is 2.81. The van der Waals surface area contributed by atoms with Crippen molar-refractivity contribution in [1.29, 1.82) is 0 Å². The lowest BCUT2D eigenvalue weighted by Gasteiger charge is -2.31. The van der Waals surface area contributed by atoms with Crippen LogP contribution in [0.2, 0.25) is 0 Å². The molecule has 7 nitrogen and oxygen atoms in total. The zero-order valence-electron chi connectivity index (χ0n) is 10.2. The number of hydrogen-bond acceptors (Lipinski definition) is 6.